The Morgan fingerprint density at radius 1 is 1.21 bits per heavy atom. The first kappa shape index (κ1) is 16.8. The summed E-state index contributed by atoms with van der Waals surface area (Å²) < 4.78 is 5.47. The summed E-state index contributed by atoms with van der Waals surface area (Å²) in [4.78, 5) is 0. The predicted octanol–water partition coefficient (Wildman–Crippen LogP) is 4.85. The fourth-order valence-corrected chi connectivity index (χ4v) is 2.55. The van der Waals surface area contributed by atoms with Gasteiger partial charge in [-0.1, -0.05) is 30.1 Å². The van der Waals surface area contributed by atoms with E-state index in [1.807, 2.05) is 12.1 Å². The lowest BCUT2D eigenvalue weighted by atomic mass is 9.95. The van der Waals surface area contributed by atoms with E-state index in [1.165, 1.54) is 0 Å². The zero-order valence-corrected chi connectivity index (χ0v) is 13.6. The van der Waals surface area contributed by atoms with Gasteiger partial charge in [-0.2, -0.15) is 0 Å². The summed E-state index contributed by atoms with van der Waals surface area (Å²) in [5.74, 6) is 0. The average molecular weight is 304 g/mol. The summed E-state index contributed by atoms with van der Waals surface area (Å²) in [5.41, 5.74) is 1.02. The van der Waals surface area contributed by atoms with Crippen molar-refractivity contribution in [1.29, 1.82) is 0 Å². The number of nitrogens with one attached hydrogen (secondary N) is 1. The van der Waals surface area contributed by atoms with Crippen molar-refractivity contribution in [2.24, 2.45) is 0 Å². The van der Waals surface area contributed by atoms with Crippen LogP contribution in [0.2, 0.25) is 10.0 Å². The van der Waals surface area contributed by atoms with E-state index in [-0.39, 0.29) is 11.6 Å². The minimum atomic E-state index is -0.115. The van der Waals surface area contributed by atoms with Gasteiger partial charge in [-0.25, -0.2) is 0 Å². The van der Waals surface area contributed by atoms with Crippen LogP contribution in [0.15, 0.2) is 18.2 Å². The molecular formula is C15H23Cl2NO. The van der Waals surface area contributed by atoms with Gasteiger partial charge < -0.3 is 10.1 Å². The van der Waals surface area contributed by atoms with Crippen LogP contribution in [0, 0.1) is 0 Å². The Bertz CT molecular complexity index is 387. The molecule has 19 heavy (non-hydrogen) atoms. The van der Waals surface area contributed by atoms with E-state index in [9.17, 15) is 0 Å². The molecule has 0 aromatic heterocycles. The van der Waals surface area contributed by atoms with Crippen LogP contribution in [0.5, 0.6) is 0 Å². The van der Waals surface area contributed by atoms with Gasteiger partial charge in [-0.3, -0.25) is 0 Å². The number of methoxy groups -OCH3 is 1. The number of hydrogen-bond acceptors (Lipinski definition) is 2. The summed E-state index contributed by atoms with van der Waals surface area (Å²) in [6.07, 6.45) is 1.94. The summed E-state index contributed by atoms with van der Waals surface area (Å²) in [7, 11) is 1.75. The fourth-order valence-electron chi connectivity index (χ4n) is 2.00. The first-order valence-electron chi connectivity index (χ1n) is 6.62. The van der Waals surface area contributed by atoms with Crippen molar-refractivity contribution < 1.29 is 4.74 Å². The van der Waals surface area contributed by atoms with Crippen LogP contribution in [0.1, 0.15) is 45.2 Å². The van der Waals surface area contributed by atoms with E-state index >= 15 is 0 Å². The zero-order chi connectivity index (χ0) is 14.5. The Balaban J connectivity index is 2.82. The summed E-state index contributed by atoms with van der Waals surface area (Å²) in [5, 5.41) is 4.83. The van der Waals surface area contributed by atoms with Crippen LogP contribution < -0.4 is 5.32 Å². The number of rotatable bonds is 7. The monoisotopic (exact) mass is 303 g/mol. The SMILES string of the molecule is CCNC(CCC(C)(C)OC)c1cc(Cl)cc(Cl)c1. The van der Waals surface area contributed by atoms with Crippen molar-refractivity contribution in [1.82, 2.24) is 5.32 Å². The lowest BCUT2D eigenvalue weighted by Crippen LogP contribution is -2.27. The van der Waals surface area contributed by atoms with Gasteiger partial charge in [0, 0.05) is 23.2 Å². The molecule has 0 fully saturated rings. The lowest BCUT2D eigenvalue weighted by Gasteiger charge is -2.26. The quantitative estimate of drug-likeness (QED) is 0.777. The van der Waals surface area contributed by atoms with Crippen molar-refractivity contribution in [2.45, 2.75) is 45.3 Å². The molecule has 0 amide bonds. The van der Waals surface area contributed by atoms with Crippen LogP contribution in [-0.2, 0) is 4.74 Å². The maximum Gasteiger partial charge on any atom is 0.0623 e. The second kappa shape index (κ2) is 7.49. The molecule has 0 aliphatic carbocycles. The smallest absolute Gasteiger partial charge is 0.0623 e. The second-order valence-corrected chi connectivity index (χ2v) is 6.19. The molecule has 0 aliphatic heterocycles. The van der Waals surface area contributed by atoms with Crippen molar-refractivity contribution in [3.63, 3.8) is 0 Å². The maximum atomic E-state index is 6.07. The predicted molar refractivity (Wildman–Crippen MR) is 83.2 cm³/mol. The average Bonchev–Trinajstić information content (AvgIpc) is 2.33. The van der Waals surface area contributed by atoms with Crippen LogP contribution in [0.4, 0.5) is 0 Å². The van der Waals surface area contributed by atoms with Crippen molar-refractivity contribution >= 4 is 23.2 Å². The van der Waals surface area contributed by atoms with Crippen molar-refractivity contribution in [2.75, 3.05) is 13.7 Å². The van der Waals surface area contributed by atoms with E-state index < -0.39 is 0 Å². The van der Waals surface area contributed by atoms with Crippen LogP contribution in [-0.4, -0.2) is 19.3 Å². The minimum Gasteiger partial charge on any atom is -0.379 e. The molecule has 0 saturated heterocycles. The Hall–Kier alpha value is -0.280. The molecule has 0 aliphatic rings. The number of benzene rings is 1. The first-order chi connectivity index (χ1) is 8.88. The Kier molecular flexibility index (Phi) is 6.61. The highest BCUT2D eigenvalue weighted by atomic mass is 35.5. The molecule has 1 N–H and O–H groups in total. The Labute approximate surface area is 126 Å². The number of halogens is 2. The van der Waals surface area contributed by atoms with Gasteiger partial charge in [0.2, 0.25) is 0 Å². The zero-order valence-electron chi connectivity index (χ0n) is 12.1. The Morgan fingerprint density at radius 2 is 1.79 bits per heavy atom. The lowest BCUT2D eigenvalue weighted by molar-refractivity contribution is 0.0117. The fraction of sp³-hybridized carbons (Fsp3) is 0.600. The molecule has 4 heteroatoms. The van der Waals surface area contributed by atoms with Gasteiger partial charge in [0.05, 0.1) is 5.60 Å². The highest BCUT2D eigenvalue weighted by Crippen LogP contribution is 2.28. The molecule has 1 unspecified atom stereocenters. The molecular weight excluding hydrogens is 281 g/mol. The first-order valence-corrected chi connectivity index (χ1v) is 7.38. The van der Waals surface area contributed by atoms with Gasteiger partial charge in [-0.15, -0.1) is 0 Å². The molecule has 108 valence electrons. The molecule has 2 nitrogen and oxygen atoms in total. The van der Waals surface area contributed by atoms with Crippen molar-refractivity contribution in [3.05, 3.63) is 33.8 Å². The van der Waals surface area contributed by atoms with Gasteiger partial charge in [0.1, 0.15) is 0 Å². The maximum absolute atomic E-state index is 6.07. The van der Waals surface area contributed by atoms with E-state index in [2.05, 4.69) is 26.1 Å². The molecule has 1 rings (SSSR count). The third-order valence-corrected chi connectivity index (χ3v) is 3.76. The highest BCUT2D eigenvalue weighted by Gasteiger charge is 2.20. The molecule has 1 aromatic rings. The normalized spacial score (nSPS) is 13.6. The third-order valence-electron chi connectivity index (χ3n) is 3.33. The summed E-state index contributed by atoms with van der Waals surface area (Å²) in [6, 6.07) is 5.95. The van der Waals surface area contributed by atoms with Crippen molar-refractivity contribution in [3.8, 4) is 0 Å². The molecule has 0 heterocycles. The molecule has 0 radical (unpaired) electrons. The van der Waals surface area contributed by atoms with Gasteiger partial charge in [-0.05, 0) is 57.0 Å². The summed E-state index contributed by atoms with van der Waals surface area (Å²) in [6.45, 7) is 7.20. The molecule has 0 saturated carbocycles. The summed E-state index contributed by atoms with van der Waals surface area (Å²) >= 11 is 12.1. The highest BCUT2D eigenvalue weighted by molar-refractivity contribution is 6.34. The van der Waals surface area contributed by atoms with E-state index in [4.69, 9.17) is 27.9 Å². The van der Waals surface area contributed by atoms with E-state index in [0.29, 0.717) is 10.0 Å². The second-order valence-electron chi connectivity index (χ2n) is 5.32. The van der Waals surface area contributed by atoms with Gasteiger partial charge in [0.25, 0.3) is 0 Å². The van der Waals surface area contributed by atoms with Gasteiger partial charge >= 0.3 is 0 Å². The molecule has 1 atom stereocenters. The van der Waals surface area contributed by atoms with E-state index in [0.717, 1.165) is 24.9 Å². The Morgan fingerprint density at radius 3 is 2.26 bits per heavy atom. The standard InChI is InChI=1S/C15H23Cl2NO/c1-5-18-14(6-7-15(2,3)19-4)11-8-12(16)10-13(17)9-11/h8-10,14,18H,5-7H2,1-4H3. The van der Waals surface area contributed by atoms with Crippen LogP contribution >= 0.6 is 23.2 Å². The number of ether oxygens (including phenoxy) is 1. The van der Waals surface area contributed by atoms with E-state index in [1.54, 1.807) is 13.2 Å². The number of hydrogen-bond donors (Lipinski definition) is 1. The molecule has 0 spiro atoms. The van der Waals surface area contributed by atoms with Crippen LogP contribution in [0.25, 0.3) is 0 Å². The molecule has 0 bridgehead atoms. The van der Waals surface area contributed by atoms with Gasteiger partial charge in [0.15, 0.2) is 0 Å². The topological polar surface area (TPSA) is 21.3 Å². The third kappa shape index (κ3) is 5.70. The molecule has 1 aromatic carbocycles. The van der Waals surface area contributed by atoms with Crippen LogP contribution in [0.3, 0.4) is 0 Å². The minimum absolute atomic E-state index is 0.115. The largest absolute Gasteiger partial charge is 0.379 e.